The summed E-state index contributed by atoms with van der Waals surface area (Å²) >= 11 is 0. The summed E-state index contributed by atoms with van der Waals surface area (Å²) in [5.41, 5.74) is 0.391. The van der Waals surface area contributed by atoms with E-state index in [1.807, 2.05) is 13.2 Å². The highest BCUT2D eigenvalue weighted by molar-refractivity contribution is 5.08. The van der Waals surface area contributed by atoms with Crippen LogP contribution < -0.4 is 0 Å². The van der Waals surface area contributed by atoms with Crippen molar-refractivity contribution in [3.63, 3.8) is 0 Å². The van der Waals surface area contributed by atoms with Gasteiger partial charge in [-0.1, -0.05) is 0 Å². The predicted octanol–water partition coefficient (Wildman–Crippen LogP) is 0.504. The van der Waals surface area contributed by atoms with Crippen molar-refractivity contribution in [2.75, 3.05) is 13.2 Å². The number of hydrogen-bond donors (Lipinski definition) is 1. The van der Waals surface area contributed by atoms with Crippen molar-refractivity contribution in [3.8, 4) is 0 Å². The number of rotatable bonds is 2. The largest absolute Gasteiger partial charge is 0.387 e. The highest BCUT2D eigenvalue weighted by Crippen LogP contribution is 2.23. The van der Waals surface area contributed by atoms with Gasteiger partial charge in [-0.05, 0) is 18.4 Å². The highest BCUT2D eigenvalue weighted by atomic mass is 16.5. The van der Waals surface area contributed by atoms with Crippen molar-refractivity contribution in [1.29, 1.82) is 0 Å². The lowest BCUT2D eigenvalue weighted by molar-refractivity contribution is -0.0845. The predicted molar refractivity (Wildman–Crippen MR) is 51.9 cm³/mol. The molecule has 78 valence electrons. The van der Waals surface area contributed by atoms with Gasteiger partial charge in [0.1, 0.15) is 0 Å². The van der Waals surface area contributed by atoms with Gasteiger partial charge in [-0.2, -0.15) is 5.10 Å². The van der Waals surface area contributed by atoms with E-state index in [9.17, 15) is 5.11 Å². The summed E-state index contributed by atoms with van der Waals surface area (Å²) in [5.74, 6) is 0. The number of aryl methyl sites for hydroxylation is 1. The molecule has 0 aromatic carbocycles. The fourth-order valence-corrected chi connectivity index (χ4v) is 1.92. The minimum atomic E-state index is -0.679. The van der Waals surface area contributed by atoms with Crippen LogP contribution >= 0.6 is 0 Å². The van der Waals surface area contributed by atoms with E-state index in [0.717, 1.165) is 25.0 Å². The maximum atomic E-state index is 10.2. The zero-order valence-corrected chi connectivity index (χ0v) is 8.44. The average molecular weight is 196 g/mol. The standard InChI is InChI=1S/C10H16N2O2/c1-12-7-9(6-11-12)5-10(13)3-2-4-14-8-10/h6-7,13H,2-5,8H2,1H3. The molecule has 1 aromatic heterocycles. The average Bonchev–Trinajstić information content (AvgIpc) is 2.51. The summed E-state index contributed by atoms with van der Waals surface area (Å²) < 4.78 is 7.04. The maximum Gasteiger partial charge on any atom is 0.0922 e. The molecule has 1 atom stereocenters. The Labute approximate surface area is 83.5 Å². The first-order valence-electron chi connectivity index (χ1n) is 4.96. The summed E-state index contributed by atoms with van der Waals surface area (Å²) in [6, 6.07) is 0. The Morgan fingerprint density at radius 2 is 2.57 bits per heavy atom. The zero-order valence-electron chi connectivity index (χ0n) is 8.44. The first-order chi connectivity index (χ1) is 6.68. The molecule has 0 aliphatic carbocycles. The Hall–Kier alpha value is -0.870. The number of aliphatic hydroxyl groups is 1. The zero-order chi connectivity index (χ0) is 10.0. The van der Waals surface area contributed by atoms with Crippen molar-refractivity contribution < 1.29 is 9.84 Å². The lowest BCUT2D eigenvalue weighted by Gasteiger charge is -2.31. The van der Waals surface area contributed by atoms with Gasteiger partial charge in [0.2, 0.25) is 0 Å². The molecule has 1 saturated heterocycles. The number of hydrogen-bond acceptors (Lipinski definition) is 3. The molecule has 0 saturated carbocycles. The van der Waals surface area contributed by atoms with Crippen molar-refractivity contribution in [2.24, 2.45) is 7.05 Å². The van der Waals surface area contributed by atoms with Crippen LogP contribution in [-0.4, -0.2) is 33.7 Å². The van der Waals surface area contributed by atoms with Crippen LogP contribution in [0.3, 0.4) is 0 Å². The molecule has 4 nitrogen and oxygen atoms in total. The second-order valence-electron chi connectivity index (χ2n) is 4.08. The van der Waals surface area contributed by atoms with Crippen molar-refractivity contribution >= 4 is 0 Å². The Morgan fingerprint density at radius 3 is 3.14 bits per heavy atom. The summed E-state index contributed by atoms with van der Waals surface area (Å²) in [5, 5.41) is 14.2. The highest BCUT2D eigenvalue weighted by Gasteiger charge is 2.30. The first-order valence-corrected chi connectivity index (χ1v) is 4.96. The van der Waals surface area contributed by atoms with Gasteiger partial charge in [-0.25, -0.2) is 0 Å². The molecule has 1 aromatic rings. The summed E-state index contributed by atoms with van der Waals surface area (Å²) in [7, 11) is 1.88. The molecule has 14 heavy (non-hydrogen) atoms. The van der Waals surface area contributed by atoms with Crippen LogP contribution in [0.5, 0.6) is 0 Å². The van der Waals surface area contributed by atoms with E-state index in [0.29, 0.717) is 13.0 Å². The van der Waals surface area contributed by atoms with Crippen LogP contribution in [0.15, 0.2) is 12.4 Å². The molecule has 0 radical (unpaired) electrons. The Morgan fingerprint density at radius 1 is 1.71 bits per heavy atom. The Bertz CT molecular complexity index is 303. The minimum absolute atomic E-state index is 0.446. The molecular formula is C10H16N2O2. The van der Waals surface area contributed by atoms with Crippen LogP contribution in [0.1, 0.15) is 18.4 Å². The second kappa shape index (κ2) is 3.71. The van der Waals surface area contributed by atoms with Crippen molar-refractivity contribution in [3.05, 3.63) is 18.0 Å². The molecular weight excluding hydrogens is 180 g/mol. The quantitative estimate of drug-likeness (QED) is 0.749. The normalized spacial score (nSPS) is 27.9. The fourth-order valence-electron chi connectivity index (χ4n) is 1.92. The van der Waals surface area contributed by atoms with Crippen LogP contribution in [0.4, 0.5) is 0 Å². The SMILES string of the molecule is Cn1cc(CC2(O)CCCOC2)cn1. The van der Waals surface area contributed by atoms with Gasteiger partial charge < -0.3 is 9.84 Å². The topological polar surface area (TPSA) is 47.3 Å². The van der Waals surface area contributed by atoms with E-state index in [-0.39, 0.29) is 0 Å². The van der Waals surface area contributed by atoms with Gasteiger partial charge in [0.15, 0.2) is 0 Å². The van der Waals surface area contributed by atoms with Crippen LogP contribution in [0, 0.1) is 0 Å². The molecule has 1 fully saturated rings. The van der Waals surface area contributed by atoms with Crippen LogP contribution in [0.25, 0.3) is 0 Å². The van der Waals surface area contributed by atoms with Crippen molar-refractivity contribution in [2.45, 2.75) is 24.9 Å². The van der Waals surface area contributed by atoms with Crippen molar-refractivity contribution in [1.82, 2.24) is 9.78 Å². The van der Waals surface area contributed by atoms with E-state index in [1.54, 1.807) is 10.9 Å². The van der Waals surface area contributed by atoms with Gasteiger partial charge >= 0.3 is 0 Å². The third-order valence-electron chi connectivity index (χ3n) is 2.59. The number of nitrogens with zero attached hydrogens (tertiary/aromatic N) is 2. The maximum absolute atomic E-state index is 10.2. The van der Waals surface area contributed by atoms with Gasteiger partial charge in [0.25, 0.3) is 0 Å². The second-order valence-corrected chi connectivity index (χ2v) is 4.08. The number of ether oxygens (including phenoxy) is 1. The Kier molecular flexibility index (Phi) is 2.56. The molecule has 0 spiro atoms. The molecule has 2 rings (SSSR count). The monoisotopic (exact) mass is 196 g/mol. The molecule has 1 N–H and O–H groups in total. The molecule has 2 heterocycles. The minimum Gasteiger partial charge on any atom is -0.387 e. The lowest BCUT2D eigenvalue weighted by Crippen LogP contribution is -2.40. The van der Waals surface area contributed by atoms with Crippen LogP contribution in [-0.2, 0) is 18.2 Å². The van der Waals surface area contributed by atoms with Gasteiger partial charge in [0, 0.05) is 26.3 Å². The molecule has 1 unspecified atom stereocenters. The van der Waals surface area contributed by atoms with E-state index >= 15 is 0 Å². The van der Waals surface area contributed by atoms with E-state index in [1.165, 1.54) is 0 Å². The molecule has 1 aliphatic heterocycles. The van der Waals surface area contributed by atoms with E-state index < -0.39 is 5.60 Å². The summed E-state index contributed by atoms with van der Waals surface area (Å²) in [6.07, 6.45) is 6.14. The van der Waals surface area contributed by atoms with E-state index in [2.05, 4.69) is 5.10 Å². The lowest BCUT2D eigenvalue weighted by atomic mass is 9.90. The third kappa shape index (κ3) is 2.13. The summed E-state index contributed by atoms with van der Waals surface area (Å²) in [6.45, 7) is 1.22. The molecule has 1 aliphatic rings. The summed E-state index contributed by atoms with van der Waals surface area (Å²) in [4.78, 5) is 0. The fraction of sp³-hybridized carbons (Fsp3) is 0.700. The van der Waals surface area contributed by atoms with Crippen LogP contribution in [0.2, 0.25) is 0 Å². The third-order valence-corrected chi connectivity index (χ3v) is 2.59. The Balaban J connectivity index is 2.01. The van der Waals surface area contributed by atoms with E-state index in [4.69, 9.17) is 4.74 Å². The number of aromatic nitrogens is 2. The molecule has 0 amide bonds. The van der Waals surface area contributed by atoms with Gasteiger partial charge in [-0.3, -0.25) is 4.68 Å². The first kappa shape index (κ1) is 9.68. The molecule has 4 heteroatoms. The van der Waals surface area contributed by atoms with Gasteiger partial charge in [0.05, 0.1) is 18.4 Å². The van der Waals surface area contributed by atoms with Gasteiger partial charge in [-0.15, -0.1) is 0 Å². The smallest absolute Gasteiger partial charge is 0.0922 e. The molecule has 0 bridgehead atoms.